The first kappa shape index (κ1) is 20.5. The molecule has 1 atom stereocenters. The number of rotatable bonds is 8. The van der Waals surface area contributed by atoms with Crippen LogP contribution in [0.1, 0.15) is 31.1 Å². The Hall–Kier alpha value is -3.20. The van der Waals surface area contributed by atoms with Crippen LogP contribution in [0.5, 0.6) is 5.75 Å². The number of nitrogens with zero attached hydrogens (tertiary/aromatic N) is 4. The van der Waals surface area contributed by atoms with Crippen LogP contribution >= 0.6 is 11.8 Å². The molecule has 0 unspecified atom stereocenters. The number of Topliss-reactive ketones (excluding diaryl/α,β-unsaturated/α-hetero) is 1. The summed E-state index contributed by atoms with van der Waals surface area (Å²) >= 11 is 1.23. The van der Waals surface area contributed by atoms with Crippen LogP contribution in [0, 0.1) is 0 Å². The highest BCUT2D eigenvalue weighted by molar-refractivity contribution is 8.00. The summed E-state index contributed by atoms with van der Waals surface area (Å²) in [6, 6.07) is 14.3. The van der Waals surface area contributed by atoms with Gasteiger partial charge in [0.2, 0.25) is 11.1 Å². The lowest BCUT2D eigenvalue weighted by Gasteiger charge is -2.13. The highest BCUT2D eigenvalue weighted by Gasteiger charge is 2.21. The number of amides is 1. The third kappa shape index (κ3) is 5.00. The molecule has 0 radical (unpaired) electrons. The van der Waals surface area contributed by atoms with Gasteiger partial charge in [0.05, 0.1) is 11.9 Å². The topological polar surface area (TPSA) is 99.0 Å². The molecule has 150 valence electrons. The first-order valence-corrected chi connectivity index (χ1v) is 9.96. The van der Waals surface area contributed by atoms with Crippen LogP contribution in [0.3, 0.4) is 0 Å². The number of tetrazole rings is 1. The number of aromatic nitrogens is 4. The minimum Gasteiger partial charge on any atom is -0.492 e. The molecular formula is C20H21N5O3S. The van der Waals surface area contributed by atoms with E-state index in [9.17, 15) is 9.59 Å². The van der Waals surface area contributed by atoms with E-state index in [2.05, 4.69) is 20.8 Å². The van der Waals surface area contributed by atoms with Gasteiger partial charge < -0.3 is 10.1 Å². The second-order valence-electron chi connectivity index (χ2n) is 6.16. The molecular weight excluding hydrogens is 390 g/mol. The van der Waals surface area contributed by atoms with Crippen LogP contribution in [0.4, 0.5) is 5.69 Å². The molecule has 2 aromatic carbocycles. The lowest BCUT2D eigenvalue weighted by molar-refractivity contribution is -0.115. The van der Waals surface area contributed by atoms with Crippen LogP contribution < -0.4 is 10.1 Å². The Morgan fingerprint density at radius 3 is 2.76 bits per heavy atom. The van der Waals surface area contributed by atoms with Gasteiger partial charge in [-0.3, -0.25) is 9.59 Å². The van der Waals surface area contributed by atoms with Gasteiger partial charge in [0, 0.05) is 11.3 Å². The lowest BCUT2D eigenvalue weighted by Crippen LogP contribution is -2.23. The van der Waals surface area contributed by atoms with Crippen molar-refractivity contribution < 1.29 is 14.3 Å². The third-order valence-corrected chi connectivity index (χ3v) is 5.06. The fourth-order valence-corrected chi connectivity index (χ4v) is 3.39. The van der Waals surface area contributed by atoms with Crippen LogP contribution in [-0.4, -0.2) is 43.8 Å². The number of hydrogen-bond donors (Lipinski definition) is 1. The molecule has 0 saturated heterocycles. The van der Waals surface area contributed by atoms with Crippen molar-refractivity contribution in [3.8, 4) is 11.4 Å². The lowest BCUT2D eigenvalue weighted by atomic mass is 10.1. The maximum Gasteiger partial charge on any atom is 0.237 e. The molecule has 1 heterocycles. The van der Waals surface area contributed by atoms with E-state index < -0.39 is 5.25 Å². The zero-order valence-electron chi connectivity index (χ0n) is 16.3. The zero-order chi connectivity index (χ0) is 20.8. The highest BCUT2D eigenvalue weighted by atomic mass is 32.2. The molecule has 9 heteroatoms. The van der Waals surface area contributed by atoms with Crippen LogP contribution in [-0.2, 0) is 4.79 Å². The Morgan fingerprint density at radius 1 is 1.21 bits per heavy atom. The van der Waals surface area contributed by atoms with E-state index in [0.29, 0.717) is 34.5 Å². The number of thioether (sulfide) groups is 1. The van der Waals surface area contributed by atoms with Crippen molar-refractivity contribution in [2.45, 2.75) is 31.2 Å². The molecule has 0 bridgehead atoms. The number of carbonyl (C=O) groups is 2. The first-order chi connectivity index (χ1) is 14.0. The second-order valence-corrected chi connectivity index (χ2v) is 7.47. The van der Waals surface area contributed by atoms with Gasteiger partial charge in [-0.1, -0.05) is 36.0 Å². The number of hydrogen-bond acceptors (Lipinski definition) is 7. The predicted octanol–water partition coefficient (Wildman–Crippen LogP) is 3.38. The summed E-state index contributed by atoms with van der Waals surface area (Å²) in [6.45, 7) is 5.67. The average Bonchev–Trinajstić information content (AvgIpc) is 3.16. The minimum atomic E-state index is -0.472. The van der Waals surface area contributed by atoms with Gasteiger partial charge in [-0.05, 0) is 55.5 Å². The number of benzene rings is 2. The molecule has 1 N–H and O–H groups in total. The van der Waals surface area contributed by atoms with Crippen molar-refractivity contribution >= 4 is 29.1 Å². The van der Waals surface area contributed by atoms with E-state index in [1.54, 1.807) is 35.9 Å². The SMILES string of the molecule is CCOc1ccccc1-n1nnnc1S[C@H](C)C(=O)Nc1cccc(C(C)=O)c1. The molecule has 0 aliphatic heterocycles. The summed E-state index contributed by atoms with van der Waals surface area (Å²) in [4.78, 5) is 24.1. The van der Waals surface area contributed by atoms with Crippen molar-refractivity contribution in [1.82, 2.24) is 20.2 Å². The summed E-state index contributed by atoms with van der Waals surface area (Å²) in [6.07, 6.45) is 0. The van der Waals surface area contributed by atoms with Gasteiger partial charge in [-0.2, -0.15) is 4.68 Å². The molecule has 0 saturated carbocycles. The average molecular weight is 411 g/mol. The van der Waals surface area contributed by atoms with Crippen LogP contribution in [0.25, 0.3) is 5.69 Å². The van der Waals surface area contributed by atoms with Crippen LogP contribution in [0.2, 0.25) is 0 Å². The van der Waals surface area contributed by atoms with Gasteiger partial charge in [0.15, 0.2) is 5.78 Å². The number of nitrogens with one attached hydrogen (secondary N) is 1. The van der Waals surface area contributed by atoms with Gasteiger partial charge in [0.1, 0.15) is 11.4 Å². The van der Waals surface area contributed by atoms with Crippen molar-refractivity contribution in [1.29, 1.82) is 0 Å². The van der Waals surface area contributed by atoms with E-state index in [1.807, 2.05) is 31.2 Å². The third-order valence-electron chi connectivity index (χ3n) is 4.02. The minimum absolute atomic E-state index is 0.0596. The maximum absolute atomic E-state index is 12.6. The molecule has 3 rings (SSSR count). The quantitative estimate of drug-likeness (QED) is 0.448. The molecule has 8 nitrogen and oxygen atoms in total. The van der Waals surface area contributed by atoms with Crippen LogP contribution in [0.15, 0.2) is 53.7 Å². The summed E-state index contributed by atoms with van der Waals surface area (Å²) in [5.41, 5.74) is 1.81. The Bertz CT molecular complexity index is 1020. The number of anilines is 1. The Labute approximate surface area is 172 Å². The summed E-state index contributed by atoms with van der Waals surface area (Å²) < 4.78 is 7.20. The summed E-state index contributed by atoms with van der Waals surface area (Å²) in [5, 5.41) is 14.7. The maximum atomic E-state index is 12.6. The smallest absolute Gasteiger partial charge is 0.237 e. The molecule has 0 spiro atoms. The van der Waals surface area contributed by atoms with Gasteiger partial charge >= 0.3 is 0 Å². The van der Waals surface area contributed by atoms with Gasteiger partial charge in [-0.25, -0.2) is 0 Å². The largest absolute Gasteiger partial charge is 0.492 e. The molecule has 1 amide bonds. The predicted molar refractivity (Wildman–Crippen MR) is 111 cm³/mol. The molecule has 3 aromatic rings. The Balaban J connectivity index is 1.75. The molecule has 1 aromatic heterocycles. The van der Waals surface area contributed by atoms with Crippen molar-refractivity contribution in [3.05, 3.63) is 54.1 Å². The second kappa shape index (κ2) is 9.33. The van der Waals surface area contributed by atoms with E-state index >= 15 is 0 Å². The highest BCUT2D eigenvalue weighted by Crippen LogP contribution is 2.28. The first-order valence-electron chi connectivity index (χ1n) is 9.08. The number of carbonyl (C=O) groups excluding carboxylic acids is 2. The molecule has 0 aliphatic carbocycles. The summed E-state index contributed by atoms with van der Waals surface area (Å²) in [7, 11) is 0. The number of para-hydroxylation sites is 2. The van der Waals surface area contributed by atoms with Crippen molar-refractivity contribution in [2.75, 3.05) is 11.9 Å². The summed E-state index contributed by atoms with van der Waals surface area (Å²) in [5.74, 6) is 0.376. The zero-order valence-corrected chi connectivity index (χ0v) is 17.1. The Morgan fingerprint density at radius 2 is 2.00 bits per heavy atom. The molecule has 29 heavy (non-hydrogen) atoms. The number of ketones is 1. The number of ether oxygens (including phenoxy) is 1. The fourth-order valence-electron chi connectivity index (χ4n) is 2.58. The monoisotopic (exact) mass is 411 g/mol. The van der Waals surface area contributed by atoms with E-state index in [0.717, 1.165) is 0 Å². The molecule has 0 fully saturated rings. The van der Waals surface area contributed by atoms with Gasteiger partial charge in [-0.15, -0.1) is 5.10 Å². The molecule has 0 aliphatic rings. The van der Waals surface area contributed by atoms with E-state index in [1.165, 1.54) is 18.7 Å². The standard InChI is InChI=1S/C20H21N5O3S/c1-4-28-18-11-6-5-10-17(18)25-20(22-23-24-25)29-14(3)19(27)21-16-9-7-8-15(12-16)13(2)26/h5-12,14H,4H2,1-3H3,(H,21,27)/t14-/m1/s1. The van der Waals surface area contributed by atoms with Gasteiger partial charge in [0.25, 0.3) is 0 Å². The van der Waals surface area contributed by atoms with Crippen molar-refractivity contribution in [2.24, 2.45) is 0 Å². The van der Waals surface area contributed by atoms with E-state index in [4.69, 9.17) is 4.74 Å². The normalized spacial score (nSPS) is 11.7. The van der Waals surface area contributed by atoms with E-state index in [-0.39, 0.29) is 11.7 Å². The fraction of sp³-hybridized carbons (Fsp3) is 0.250. The Kier molecular flexibility index (Phi) is 6.61. The van der Waals surface area contributed by atoms with Crippen molar-refractivity contribution in [3.63, 3.8) is 0 Å².